The summed E-state index contributed by atoms with van der Waals surface area (Å²) in [6.07, 6.45) is -0.828. The van der Waals surface area contributed by atoms with E-state index in [1.54, 1.807) is 26.8 Å². The number of carbonyl (C=O) groups is 2. The number of carboxylic acids is 1. The molecule has 0 heterocycles. The summed E-state index contributed by atoms with van der Waals surface area (Å²) >= 11 is 0. The largest absolute Gasteiger partial charge is 0.480 e. The first-order valence-corrected chi connectivity index (χ1v) is 6.88. The molecule has 0 aliphatic rings. The van der Waals surface area contributed by atoms with Crippen molar-refractivity contribution in [2.24, 2.45) is 0 Å². The molecule has 124 valence electrons. The normalized spacial score (nSPS) is 11.9. The quantitative estimate of drug-likeness (QED) is 0.603. The molecule has 23 heavy (non-hydrogen) atoms. The second-order valence-corrected chi connectivity index (χ2v) is 5.83. The van der Waals surface area contributed by atoms with E-state index in [0.717, 1.165) is 0 Å². The molecule has 0 fully saturated rings. The van der Waals surface area contributed by atoms with E-state index in [1.807, 2.05) is 6.07 Å². The number of nitriles is 1. The first-order valence-electron chi connectivity index (χ1n) is 6.88. The molecule has 1 unspecified atom stereocenters. The average molecular weight is 320 g/mol. The van der Waals surface area contributed by atoms with Crippen LogP contribution in [0.4, 0.5) is 16.2 Å². The van der Waals surface area contributed by atoms with Crippen molar-refractivity contribution in [2.45, 2.75) is 32.4 Å². The summed E-state index contributed by atoms with van der Waals surface area (Å²) in [6.45, 7) is 4.91. The van der Waals surface area contributed by atoms with Gasteiger partial charge >= 0.3 is 12.1 Å². The van der Waals surface area contributed by atoms with Gasteiger partial charge in [0, 0.05) is 6.54 Å². The van der Waals surface area contributed by atoms with Gasteiger partial charge in [0.05, 0.1) is 23.0 Å². The molecule has 0 saturated heterocycles. The minimum atomic E-state index is -1.22. The number of hydrogen-bond donors (Lipinski definition) is 4. The number of aliphatic carboxylic acids is 1. The third-order valence-corrected chi connectivity index (χ3v) is 2.67. The molecule has 0 aromatic heterocycles. The lowest BCUT2D eigenvalue weighted by molar-refractivity contribution is -0.139. The van der Waals surface area contributed by atoms with Gasteiger partial charge in [-0.2, -0.15) is 5.26 Å². The Hall–Kier alpha value is -2.95. The summed E-state index contributed by atoms with van der Waals surface area (Å²) in [6, 6.07) is 5.34. The maximum Gasteiger partial charge on any atom is 0.408 e. The van der Waals surface area contributed by atoms with Crippen molar-refractivity contribution < 1.29 is 19.4 Å². The number of ether oxygens (including phenoxy) is 1. The fourth-order valence-electron chi connectivity index (χ4n) is 1.64. The number of carboxylic acid groups (broad SMARTS) is 1. The number of alkyl carbamates (subject to hydrolysis) is 1. The van der Waals surface area contributed by atoms with Crippen molar-refractivity contribution in [1.29, 1.82) is 5.26 Å². The minimum Gasteiger partial charge on any atom is -0.480 e. The third kappa shape index (κ3) is 6.13. The Morgan fingerprint density at radius 3 is 2.61 bits per heavy atom. The topological polar surface area (TPSA) is 137 Å². The van der Waals surface area contributed by atoms with Gasteiger partial charge in [0.2, 0.25) is 0 Å². The Kier molecular flexibility index (Phi) is 5.79. The van der Waals surface area contributed by atoms with Crippen LogP contribution in [0.5, 0.6) is 0 Å². The van der Waals surface area contributed by atoms with Crippen LogP contribution in [0.25, 0.3) is 0 Å². The molecule has 0 saturated carbocycles. The average Bonchev–Trinajstić information content (AvgIpc) is 2.42. The van der Waals surface area contributed by atoms with Gasteiger partial charge in [0.25, 0.3) is 0 Å². The standard InChI is InChI=1S/C15H20N4O4/c1-15(2,3)23-14(22)19-12(13(20)21)8-18-11-6-9(7-16)4-5-10(11)17/h4-6,12,18H,8,17H2,1-3H3,(H,19,22)(H,20,21). The van der Waals surface area contributed by atoms with Gasteiger partial charge in [-0.1, -0.05) is 0 Å². The summed E-state index contributed by atoms with van der Waals surface area (Å²) in [4.78, 5) is 22.9. The fraction of sp³-hybridized carbons (Fsp3) is 0.400. The van der Waals surface area contributed by atoms with Crippen LogP contribution in [-0.4, -0.2) is 35.4 Å². The van der Waals surface area contributed by atoms with Crippen LogP contribution in [0, 0.1) is 11.3 Å². The maximum absolute atomic E-state index is 11.7. The molecule has 1 amide bonds. The van der Waals surface area contributed by atoms with Gasteiger partial charge in [-0.05, 0) is 39.0 Å². The number of amides is 1. The van der Waals surface area contributed by atoms with Gasteiger partial charge in [-0.15, -0.1) is 0 Å². The molecule has 0 bridgehead atoms. The summed E-state index contributed by atoms with van der Waals surface area (Å²) in [5, 5.41) is 23.1. The molecule has 5 N–H and O–H groups in total. The molecule has 8 heteroatoms. The summed E-state index contributed by atoms with van der Waals surface area (Å²) in [5.41, 5.74) is 6.20. The van der Waals surface area contributed by atoms with Crippen LogP contribution in [0.3, 0.4) is 0 Å². The zero-order valence-corrected chi connectivity index (χ0v) is 13.2. The Labute approximate surface area is 134 Å². The van der Waals surface area contributed by atoms with Gasteiger partial charge < -0.3 is 26.2 Å². The number of carbonyl (C=O) groups excluding carboxylic acids is 1. The molecule has 0 spiro atoms. The highest BCUT2D eigenvalue weighted by molar-refractivity contribution is 5.81. The van der Waals surface area contributed by atoms with E-state index in [9.17, 15) is 14.7 Å². The van der Waals surface area contributed by atoms with E-state index in [-0.39, 0.29) is 6.54 Å². The molecule has 0 radical (unpaired) electrons. The van der Waals surface area contributed by atoms with E-state index in [1.165, 1.54) is 12.1 Å². The van der Waals surface area contributed by atoms with Crippen molar-refractivity contribution >= 4 is 23.4 Å². The second-order valence-electron chi connectivity index (χ2n) is 5.83. The molecule has 0 aliphatic carbocycles. The summed E-state index contributed by atoms with van der Waals surface area (Å²) < 4.78 is 5.02. The SMILES string of the molecule is CC(C)(C)OC(=O)NC(CNc1cc(C#N)ccc1N)C(=O)O. The number of hydrogen-bond acceptors (Lipinski definition) is 6. The van der Waals surface area contributed by atoms with Crippen LogP contribution < -0.4 is 16.4 Å². The van der Waals surface area contributed by atoms with Gasteiger partial charge in [0.15, 0.2) is 0 Å². The summed E-state index contributed by atoms with van der Waals surface area (Å²) in [5.74, 6) is -1.22. The van der Waals surface area contributed by atoms with Crippen molar-refractivity contribution in [3.05, 3.63) is 23.8 Å². The Morgan fingerprint density at radius 1 is 1.43 bits per heavy atom. The molecule has 1 aromatic rings. The number of anilines is 2. The van der Waals surface area contributed by atoms with Crippen molar-refractivity contribution in [3.8, 4) is 6.07 Å². The molecular weight excluding hydrogens is 300 g/mol. The highest BCUT2D eigenvalue weighted by Crippen LogP contribution is 2.19. The van der Waals surface area contributed by atoms with Gasteiger partial charge in [-0.25, -0.2) is 9.59 Å². The number of nitrogen functional groups attached to an aromatic ring is 1. The van der Waals surface area contributed by atoms with Crippen LogP contribution in [0.1, 0.15) is 26.3 Å². The van der Waals surface area contributed by atoms with E-state index >= 15 is 0 Å². The highest BCUT2D eigenvalue weighted by Gasteiger charge is 2.24. The van der Waals surface area contributed by atoms with E-state index < -0.39 is 23.7 Å². The molecular formula is C15H20N4O4. The number of benzene rings is 1. The Bertz CT molecular complexity index is 631. The highest BCUT2D eigenvalue weighted by atomic mass is 16.6. The van der Waals surface area contributed by atoms with E-state index in [4.69, 9.17) is 15.7 Å². The number of nitrogens with one attached hydrogen (secondary N) is 2. The first kappa shape index (κ1) is 18.1. The van der Waals surface area contributed by atoms with Crippen LogP contribution >= 0.6 is 0 Å². The van der Waals surface area contributed by atoms with Gasteiger partial charge in [-0.3, -0.25) is 0 Å². The predicted octanol–water partition coefficient (Wildman–Crippen LogP) is 1.53. The lowest BCUT2D eigenvalue weighted by Gasteiger charge is -2.22. The maximum atomic E-state index is 11.7. The lowest BCUT2D eigenvalue weighted by atomic mass is 10.2. The lowest BCUT2D eigenvalue weighted by Crippen LogP contribution is -2.47. The number of nitrogens with zero attached hydrogens (tertiary/aromatic N) is 1. The van der Waals surface area contributed by atoms with Crippen LogP contribution in [-0.2, 0) is 9.53 Å². The minimum absolute atomic E-state index is 0.117. The van der Waals surface area contributed by atoms with Crippen LogP contribution in [0.15, 0.2) is 18.2 Å². The zero-order valence-electron chi connectivity index (χ0n) is 13.2. The monoisotopic (exact) mass is 320 g/mol. The van der Waals surface area contributed by atoms with E-state index in [2.05, 4.69) is 10.6 Å². The number of nitrogens with two attached hydrogens (primary N) is 1. The molecule has 8 nitrogen and oxygen atoms in total. The fourth-order valence-corrected chi connectivity index (χ4v) is 1.64. The summed E-state index contributed by atoms with van der Waals surface area (Å²) in [7, 11) is 0. The van der Waals surface area contributed by atoms with Crippen molar-refractivity contribution in [2.75, 3.05) is 17.6 Å². The third-order valence-electron chi connectivity index (χ3n) is 2.67. The number of rotatable bonds is 5. The second kappa shape index (κ2) is 7.35. The predicted molar refractivity (Wildman–Crippen MR) is 84.9 cm³/mol. The molecule has 0 aliphatic heterocycles. The molecule has 1 atom stereocenters. The molecule has 1 aromatic carbocycles. The van der Waals surface area contributed by atoms with Crippen LogP contribution in [0.2, 0.25) is 0 Å². The Morgan fingerprint density at radius 2 is 2.09 bits per heavy atom. The Balaban J connectivity index is 2.73. The zero-order chi connectivity index (χ0) is 17.6. The molecule has 1 rings (SSSR count). The van der Waals surface area contributed by atoms with Gasteiger partial charge in [0.1, 0.15) is 11.6 Å². The smallest absolute Gasteiger partial charge is 0.408 e. The van der Waals surface area contributed by atoms with E-state index in [0.29, 0.717) is 16.9 Å². The van der Waals surface area contributed by atoms with Crippen molar-refractivity contribution in [1.82, 2.24) is 5.32 Å². The van der Waals surface area contributed by atoms with Crippen molar-refractivity contribution in [3.63, 3.8) is 0 Å². The first-order chi connectivity index (χ1) is 10.6.